The number of carbonyl (C=O) groups excluding carboxylic acids is 2. The molecule has 88 valence electrons. The van der Waals surface area contributed by atoms with Crippen LogP contribution in [0.3, 0.4) is 0 Å². The predicted molar refractivity (Wildman–Crippen MR) is 48.9 cm³/mol. The minimum Gasteiger partial charge on any atom is -0.296 e. The van der Waals surface area contributed by atoms with Crippen LogP contribution in [-0.4, -0.2) is 17.7 Å². The molecule has 0 radical (unpaired) electrons. The Labute approximate surface area is 88.3 Å². The Morgan fingerprint density at radius 3 is 1.53 bits per heavy atom. The Balaban J connectivity index is 4.31. The van der Waals surface area contributed by atoms with Crippen molar-refractivity contribution >= 4 is 11.9 Å². The van der Waals surface area contributed by atoms with Crippen molar-refractivity contribution in [2.75, 3.05) is 0 Å². The van der Waals surface area contributed by atoms with Gasteiger partial charge in [0.25, 0.3) is 5.79 Å². The van der Waals surface area contributed by atoms with Crippen molar-refractivity contribution in [3.05, 3.63) is 0 Å². The van der Waals surface area contributed by atoms with Crippen LogP contribution >= 0.6 is 0 Å². The van der Waals surface area contributed by atoms with Crippen molar-refractivity contribution in [1.29, 1.82) is 0 Å². The zero-order valence-electron chi connectivity index (χ0n) is 9.53. The highest BCUT2D eigenvalue weighted by atomic mass is 17.3. The monoisotopic (exact) mass is 220 g/mol. The van der Waals surface area contributed by atoms with Crippen LogP contribution in [0, 0.1) is 5.92 Å². The largest absolute Gasteiger partial charge is 0.339 e. The van der Waals surface area contributed by atoms with E-state index in [1.54, 1.807) is 13.8 Å². The molecular weight excluding hydrogens is 204 g/mol. The van der Waals surface area contributed by atoms with E-state index in [1.165, 1.54) is 20.8 Å². The van der Waals surface area contributed by atoms with Crippen molar-refractivity contribution in [1.82, 2.24) is 0 Å². The van der Waals surface area contributed by atoms with Crippen LogP contribution in [-0.2, 0) is 29.1 Å². The van der Waals surface area contributed by atoms with Gasteiger partial charge >= 0.3 is 11.9 Å². The van der Waals surface area contributed by atoms with Crippen LogP contribution in [0.1, 0.15) is 34.6 Å². The lowest BCUT2D eigenvalue weighted by Crippen LogP contribution is -2.39. The molecule has 0 saturated carbocycles. The van der Waals surface area contributed by atoms with E-state index in [-0.39, 0.29) is 5.92 Å². The number of hydrogen-bond acceptors (Lipinski definition) is 6. The van der Waals surface area contributed by atoms with Crippen molar-refractivity contribution < 1.29 is 29.1 Å². The van der Waals surface area contributed by atoms with Crippen LogP contribution < -0.4 is 0 Å². The molecule has 0 aromatic rings. The van der Waals surface area contributed by atoms with Gasteiger partial charge in [-0.2, -0.15) is 0 Å². The molecule has 0 spiro atoms. The summed E-state index contributed by atoms with van der Waals surface area (Å²) in [7, 11) is 0. The van der Waals surface area contributed by atoms with Crippen molar-refractivity contribution in [3.63, 3.8) is 0 Å². The molecule has 0 fully saturated rings. The zero-order valence-corrected chi connectivity index (χ0v) is 9.53. The van der Waals surface area contributed by atoms with Gasteiger partial charge in [0, 0.05) is 19.8 Å². The lowest BCUT2D eigenvalue weighted by atomic mass is 10.1. The highest BCUT2D eigenvalue weighted by molar-refractivity contribution is 5.65. The first-order chi connectivity index (χ1) is 6.78. The van der Waals surface area contributed by atoms with E-state index >= 15 is 0 Å². The maximum Gasteiger partial charge on any atom is 0.339 e. The van der Waals surface area contributed by atoms with Gasteiger partial charge in [0.2, 0.25) is 0 Å². The Kier molecular flexibility index (Phi) is 5.24. The molecule has 0 atom stereocenters. The standard InChI is InChI=1S/C9H16O6/c1-6(2)9(5,14-12-7(3)10)15-13-8(4)11/h6H,1-5H3. The molecule has 0 aromatic carbocycles. The van der Waals surface area contributed by atoms with Gasteiger partial charge in [0.15, 0.2) is 0 Å². The molecule has 0 aliphatic heterocycles. The predicted octanol–water partition coefficient (Wildman–Crippen LogP) is 1.35. The van der Waals surface area contributed by atoms with Gasteiger partial charge < -0.3 is 0 Å². The molecule has 0 unspecified atom stereocenters. The summed E-state index contributed by atoms with van der Waals surface area (Å²) in [5.74, 6) is -2.74. The number of rotatable bonds is 5. The summed E-state index contributed by atoms with van der Waals surface area (Å²) in [5.41, 5.74) is 0. The van der Waals surface area contributed by atoms with E-state index in [2.05, 4.69) is 9.78 Å². The van der Waals surface area contributed by atoms with Gasteiger partial charge in [0.05, 0.1) is 0 Å². The molecule has 6 heteroatoms. The first-order valence-corrected chi connectivity index (χ1v) is 4.50. The fourth-order valence-corrected chi connectivity index (χ4v) is 0.489. The average molecular weight is 220 g/mol. The second-order valence-corrected chi connectivity index (χ2v) is 3.49. The zero-order chi connectivity index (χ0) is 12.1. The van der Waals surface area contributed by atoms with Crippen LogP contribution in [0.25, 0.3) is 0 Å². The molecule has 0 aromatic heterocycles. The van der Waals surface area contributed by atoms with Crippen LogP contribution in [0.5, 0.6) is 0 Å². The van der Waals surface area contributed by atoms with Crippen LogP contribution in [0.15, 0.2) is 0 Å². The topological polar surface area (TPSA) is 71.1 Å². The van der Waals surface area contributed by atoms with Gasteiger partial charge in [-0.25, -0.2) is 9.59 Å². The normalized spacial score (nSPS) is 11.3. The van der Waals surface area contributed by atoms with E-state index in [4.69, 9.17) is 9.78 Å². The molecule has 0 aliphatic carbocycles. The third kappa shape index (κ3) is 5.34. The maximum absolute atomic E-state index is 10.5. The summed E-state index contributed by atoms with van der Waals surface area (Å²) < 4.78 is 0. The lowest BCUT2D eigenvalue weighted by Gasteiger charge is -2.28. The third-order valence-corrected chi connectivity index (χ3v) is 1.70. The molecule has 0 bridgehead atoms. The Morgan fingerprint density at radius 2 is 1.33 bits per heavy atom. The molecule has 0 aliphatic rings. The summed E-state index contributed by atoms with van der Waals surface area (Å²) in [4.78, 5) is 39.3. The molecule has 0 amide bonds. The van der Waals surface area contributed by atoms with E-state index in [1.807, 2.05) is 0 Å². The highest BCUT2D eigenvalue weighted by Gasteiger charge is 2.36. The van der Waals surface area contributed by atoms with Gasteiger partial charge in [-0.1, -0.05) is 13.8 Å². The lowest BCUT2D eigenvalue weighted by molar-refractivity contribution is -0.486. The van der Waals surface area contributed by atoms with E-state index < -0.39 is 17.7 Å². The summed E-state index contributed by atoms with van der Waals surface area (Å²) in [6, 6.07) is 0. The molecule has 6 nitrogen and oxygen atoms in total. The summed E-state index contributed by atoms with van der Waals surface area (Å²) in [6.07, 6.45) is 0. The summed E-state index contributed by atoms with van der Waals surface area (Å²) in [5, 5.41) is 0. The fraction of sp³-hybridized carbons (Fsp3) is 0.778. The second kappa shape index (κ2) is 5.67. The van der Waals surface area contributed by atoms with Gasteiger partial charge in [0.1, 0.15) is 0 Å². The van der Waals surface area contributed by atoms with Crippen LogP contribution in [0.4, 0.5) is 0 Å². The van der Waals surface area contributed by atoms with Gasteiger partial charge in [-0.05, 0) is 6.92 Å². The van der Waals surface area contributed by atoms with Crippen molar-refractivity contribution in [2.45, 2.75) is 40.4 Å². The third-order valence-electron chi connectivity index (χ3n) is 1.70. The molecular formula is C9H16O6. The SMILES string of the molecule is CC(=O)OOC(C)(OOC(C)=O)C(C)C. The molecule has 0 N–H and O–H groups in total. The number of carbonyl (C=O) groups is 2. The summed E-state index contributed by atoms with van der Waals surface area (Å²) >= 11 is 0. The molecule has 0 rings (SSSR count). The first kappa shape index (κ1) is 13.9. The highest BCUT2D eigenvalue weighted by Crippen LogP contribution is 2.23. The quantitative estimate of drug-likeness (QED) is 0.395. The minimum absolute atomic E-state index is 0.184. The van der Waals surface area contributed by atoms with E-state index in [0.29, 0.717) is 0 Å². The fourth-order valence-electron chi connectivity index (χ4n) is 0.489. The maximum atomic E-state index is 10.5. The first-order valence-electron chi connectivity index (χ1n) is 4.50. The molecule has 15 heavy (non-hydrogen) atoms. The van der Waals surface area contributed by atoms with Crippen LogP contribution in [0.2, 0.25) is 0 Å². The summed E-state index contributed by atoms with van der Waals surface area (Å²) in [6.45, 7) is 7.38. The van der Waals surface area contributed by atoms with Gasteiger partial charge in [-0.3, -0.25) is 9.78 Å². The van der Waals surface area contributed by atoms with Crippen molar-refractivity contribution in [2.24, 2.45) is 5.92 Å². The van der Waals surface area contributed by atoms with E-state index in [9.17, 15) is 9.59 Å². The van der Waals surface area contributed by atoms with E-state index in [0.717, 1.165) is 0 Å². The molecule has 0 saturated heterocycles. The second-order valence-electron chi connectivity index (χ2n) is 3.49. The average Bonchev–Trinajstić information content (AvgIpc) is 2.11. The smallest absolute Gasteiger partial charge is 0.296 e. The number of hydrogen-bond donors (Lipinski definition) is 0. The van der Waals surface area contributed by atoms with Crippen molar-refractivity contribution in [3.8, 4) is 0 Å². The Morgan fingerprint density at radius 1 is 1.00 bits per heavy atom. The Hall–Kier alpha value is -1.14. The molecule has 0 heterocycles. The minimum atomic E-state index is -1.32. The van der Waals surface area contributed by atoms with Gasteiger partial charge in [-0.15, -0.1) is 9.78 Å². The Bertz CT molecular complexity index is 217.